The number of nitrogens with zero attached hydrogens (tertiary/aromatic N) is 1. The van der Waals surface area contributed by atoms with E-state index in [1.54, 1.807) is 0 Å². The van der Waals surface area contributed by atoms with E-state index in [1.165, 1.54) is 187 Å². The highest BCUT2D eigenvalue weighted by Gasteiger charge is 2.61. The van der Waals surface area contributed by atoms with Gasteiger partial charge in [0.1, 0.15) is 0 Å². The van der Waals surface area contributed by atoms with Crippen LogP contribution in [0.25, 0.3) is 83.1 Å². The summed E-state index contributed by atoms with van der Waals surface area (Å²) in [5.41, 5.74) is 40.2. The Morgan fingerprint density at radius 1 is 0.194 bits per heavy atom. The molecule has 0 saturated heterocycles. The minimum atomic E-state index is -0.511. The predicted octanol–water partition coefficient (Wildman–Crippen LogP) is 24.4. The fraction of sp³-hybridized carbons (Fsp3) is 0.0495. The van der Waals surface area contributed by atoms with Gasteiger partial charge in [-0.15, -0.1) is 0 Å². The van der Waals surface area contributed by atoms with Gasteiger partial charge >= 0.3 is 0 Å². The first kappa shape index (κ1) is 58.8. The molecule has 4 spiro atoms. The van der Waals surface area contributed by atoms with Gasteiger partial charge in [0.2, 0.25) is 0 Å². The third-order valence-electron chi connectivity index (χ3n) is 24.4. The molecule has 16 aromatic carbocycles. The van der Waals surface area contributed by atoms with Gasteiger partial charge in [-0.3, -0.25) is 0 Å². The second-order valence-corrected chi connectivity index (χ2v) is 30.0. The molecule has 1 heterocycles. The summed E-state index contributed by atoms with van der Waals surface area (Å²) in [4.78, 5) is 0. The Balaban J connectivity index is 0.000000119. The maximum absolute atomic E-state index is 2.62. The Hall–Kier alpha value is -12.0. The lowest BCUT2D eigenvalue weighted by atomic mass is 9.52. The Bertz CT molecular complexity index is 6260. The van der Waals surface area contributed by atoms with Crippen molar-refractivity contribution >= 4 is 44.4 Å². The van der Waals surface area contributed by atoms with Crippen LogP contribution in [0.4, 0.5) is 0 Å². The highest BCUT2D eigenvalue weighted by Crippen LogP contribution is 2.71. The van der Waals surface area contributed by atoms with Crippen molar-refractivity contribution < 1.29 is 0 Å². The minimum absolute atomic E-state index is 0.416. The number of aromatic nitrogens is 1. The first-order valence-corrected chi connectivity index (χ1v) is 37.2. The van der Waals surface area contributed by atoms with E-state index in [2.05, 4.69) is 385 Å². The quantitative estimate of drug-likeness (QED) is 0.144. The number of hydrogen-bond acceptors (Lipinski definition) is 0. The second-order valence-electron chi connectivity index (χ2n) is 28.7. The van der Waals surface area contributed by atoms with Crippen LogP contribution in [0.1, 0.15) is 100 Å². The number of fused-ring (bicyclic) bond motifs is 38. The van der Waals surface area contributed by atoms with Crippen LogP contribution in [0.15, 0.2) is 376 Å². The Morgan fingerprint density at radius 2 is 0.485 bits per heavy atom. The Morgan fingerprint density at radius 3 is 0.864 bits per heavy atom. The summed E-state index contributed by atoms with van der Waals surface area (Å²) in [5, 5.41) is 2.55. The van der Waals surface area contributed by atoms with Crippen LogP contribution in [-0.2, 0) is 28.1 Å². The lowest BCUT2D eigenvalue weighted by Gasteiger charge is -2.49. The number of para-hydroxylation sites is 2. The average molecular weight is 1420 g/mol. The summed E-state index contributed by atoms with van der Waals surface area (Å²) in [7, 11) is 0. The molecule has 0 radical (unpaired) electrons. The second kappa shape index (κ2) is 22.0. The molecule has 0 bridgehead atoms. The molecule has 7 aliphatic carbocycles. The molecular formula is C101H64IN. The SMILES string of the molecule is Ic1ccccc1.c1ccc(-n2c3ccccc3c3cc4c(cc32)C2(c3ccccc3-c3ccccc32)c2ccccc2C42c3ccccc3-c3ccccc32)cc1.c1ccc2c(c1)Cc1cc3c(cc1-2)C1(c2ccccc2-c2ccccc21)c1ccccc1C31c2ccccc2-c2ccccc21. The molecule has 103 heavy (non-hydrogen) atoms. The fourth-order valence-electron chi connectivity index (χ4n) is 20.8. The smallest absolute Gasteiger partial charge is 0.0720 e. The van der Waals surface area contributed by atoms with E-state index in [1.807, 2.05) is 18.2 Å². The van der Waals surface area contributed by atoms with Crippen LogP contribution >= 0.6 is 22.6 Å². The largest absolute Gasteiger partial charge is 0.309 e. The molecule has 24 rings (SSSR count). The summed E-state index contributed by atoms with van der Waals surface area (Å²) in [6, 6.07) is 142. The highest BCUT2D eigenvalue weighted by atomic mass is 127. The van der Waals surface area contributed by atoms with Crippen LogP contribution in [0.3, 0.4) is 0 Å². The molecule has 1 aromatic heterocycles. The van der Waals surface area contributed by atoms with Gasteiger partial charge in [0.25, 0.3) is 0 Å². The van der Waals surface area contributed by atoms with Gasteiger partial charge in [0.15, 0.2) is 0 Å². The average Bonchev–Trinajstić information content (AvgIpc) is 1.53. The van der Waals surface area contributed by atoms with Crippen LogP contribution in [0.5, 0.6) is 0 Å². The summed E-state index contributed by atoms with van der Waals surface area (Å²) < 4.78 is 3.77. The number of hydrogen-bond donors (Lipinski definition) is 0. The first-order chi connectivity index (χ1) is 51.0. The van der Waals surface area contributed by atoms with E-state index in [0.717, 1.165) is 6.42 Å². The van der Waals surface area contributed by atoms with Crippen LogP contribution in [0, 0.1) is 3.57 Å². The maximum Gasteiger partial charge on any atom is 0.0720 e. The van der Waals surface area contributed by atoms with Gasteiger partial charge in [-0.2, -0.15) is 0 Å². The predicted molar refractivity (Wildman–Crippen MR) is 431 cm³/mol. The summed E-state index contributed by atoms with van der Waals surface area (Å²) in [5.74, 6) is 0. The molecule has 480 valence electrons. The van der Waals surface area contributed by atoms with Gasteiger partial charge in [-0.1, -0.05) is 328 Å². The highest BCUT2D eigenvalue weighted by molar-refractivity contribution is 14.1. The van der Waals surface area contributed by atoms with Gasteiger partial charge in [0.05, 0.1) is 32.7 Å². The van der Waals surface area contributed by atoms with Crippen molar-refractivity contribution in [3.05, 3.63) is 480 Å². The topological polar surface area (TPSA) is 4.93 Å². The van der Waals surface area contributed by atoms with Gasteiger partial charge in [-0.25, -0.2) is 0 Å². The van der Waals surface area contributed by atoms with Crippen LogP contribution in [0.2, 0.25) is 0 Å². The molecule has 0 saturated carbocycles. The standard InChI is InChI=1S/C50H31N.C45H28.C6H5I/c1-2-16-32(17-3-1)51-47-29-15-8-22-37(47)38-30-45-46(31-48(38)51)50(41-25-11-6-20-35(41)36-21-7-12-26-42(36)50)44-28-14-13-27-43(44)49(45)39-23-9-4-18-33(39)34-19-5-10-24-40(34)49;1-2-14-30-28(13-1)25-29-26-42-43(27-35(29)30)45(38-21-9-5-17-33(38)34-18-6-10-22-39(34)45)41-24-12-11-23-40(41)44(42)36-19-7-3-15-31(36)32-16-4-8-20-37(32)44;7-6-4-2-1-3-5-6/h1-31H;1-24,26-27H,25H2;1-5H. The minimum Gasteiger partial charge on any atom is -0.309 e. The van der Waals surface area contributed by atoms with E-state index in [9.17, 15) is 0 Å². The van der Waals surface area contributed by atoms with Crippen molar-refractivity contribution in [2.45, 2.75) is 28.1 Å². The maximum atomic E-state index is 2.62. The molecule has 7 aliphatic rings. The summed E-state index contributed by atoms with van der Waals surface area (Å²) >= 11 is 2.28. The molecule has 17 aromatic rings. The van der Waals surface area contributed by atoms with Gasteiger partial charge in [-0.05, 0) is 233 Å². The van der Waals surface area contributed by atoms with Crippen molar-refractivity contribution in [2.75, 3.05) is 0 Å². The summed E-state index contributed by atoms with van der Waals surface area (Å²) in [6.07, 6.45) is 0.972. The normalized spacial score (nSPS) is 14.9. The third-order valence-corrected chi connectivity index (χ3v) is 25.1. The lowest BCUT2D eigenvalue weighted by molar-refractivity contribution is 0.632. The molecule has 2 heteroatoms. The zero-order chi connectivity index (χ0) is 67.8. The summed E-state index contributed by atoms with van der Waals surface area (Å²) in [6.45, 7) is 0. The first-order valence-electron chi connectivity index (χ1n) is 36.1. The van der Waals surface area contributed by atoms with E-state index in [0.29, 0.717) is 0 Å². The van der Waals surface area contributed by atoms with Gasteiger partial charge < -0.3 is 4.57 Å². The molecular weight excluding hydrogens is 1350 g/mol. The van der Waals surface area contributed by atoms with E-state index >= 15 is 0 Å². The number of benzene rings is 16. The van der Waals surface area contributed by atoms with Crippen molar-refractivity contribution in [1.82, 2.24) is 4.57 Å². The fourth-order valence-corrected chi connectivity index (χ4v) is 21.2. The van der Waals surface area contributed by atoms with Crippen molar-refractivity contribution in [1.29, 1.82) is 0 Å². The van der Waals surface area contributed by atoms with E-state index < -0.39 is 21.7 Å². The van der Waals surface area contributed by atoms with E-state index in [-0.39, 0.29) is 0 Å². The third kappa shape index (κ3) is 7.55. The van der Waals surface area contributed by atoms with Crippen molar-refractivity contribution in [3.63, 3.8) is 0 Å². The lowest BCUT2D eigenvalue weighted by Crippen LogP contribution is -2.44. The van der Waals surface area contributed by atoms with Crippen molar-refractivity contribution in [3.8, 4) is 61.3 Å². The van der Waals surface area contributed by atoms with Crippen LogP contribution < -0.4 is 0 Å². The molecule has 0 atom stereocenters. The van der Waals surface area contributed by atoms with E-state index in [4.69, 9.17) is 0 Å². The number of rotatable bonds is 1. The zero-order valence-corrected chi connectivity index (χ0v) is 58.5. The molecule has 0 unspecified atom stereocenters. The van der Waals surface area contributed by atoms with Crippen molar-refractivity contribution in [2.24, 2.45) is 0 Å². The molecule has 0 N–H and O–H groups in total. The number of halogens is 1. The monoisotopic (exact) mass is 1420 g/mol. The molecule has 0 aliphatic heterocycles. The molecule has 1 nitrogen and oxygen atoms in total. The van der Waals surface area contributed by atoms with Gasteiger partial charge in [0, 0.05) is 20.0 Å². The zero-order valence-electron chi connectivity index (χ0n) is 56.3. The van der Waals surface area contributed by atoms with Crippen LogP contribution in [-0.4, -0.2) is 4.57 Å². The Kier molecular flexibility index (Phi) is 12.6. The molecule has 0 fully saturated rings. The molecule has 0 amide bonds. The Labute approximate surface area is 613 Å².